The molecule has 0 atom stereocenters. The van der Waals surface area contributed by atoms with Crippen LogP contribution in [0.1, 0.15) is 0 Å². The number of aromatic nitrogens is 1. The highest BCUT2D eigenvalue weighted by molar-refractivity contribution is 7.91. The molecule has 0 aliphatic heterocycles. The molecule has 3 rings (SSSR count). The van der Waals surface area contributed by atoms with Crippen molar-refractivity contribution in [1.29, 1.82) is 0 Å². The molecule has 25 heavy (non-hydrogen) atoms. The number of nitroso groups, excluding NO2 is 1. The minimum atomic E-state index is -3.85. The number of ether oxygens (including phenoxy) is 1. The smallest absolute Gasteiger partial charge is 0.212 e. The Kier molecular flexibility index (Phi) is 4.24. The van der Waals surface area contributed by atoms with E-state index in [9.17, 15) is 18.1 Å². The van der Waals surface area contributed by atoms with Gasteiger partial charge in [-0.1, -0.05) is 0 Å². The van der Waals surface area contributed by atoms with Gasteiger partial charge in [0, 0.05) is 5.39 Å². The summed E-state index contributed by atoms with van der Waals surface area (Å²) in [6.07, 6.45) is 0.466. The first kappa shape index (κ1) is 16.7. The molecule has 128 valence electrons. The molecule has 0 aliphatic carbocycles. The van der Waals surface area contributed by atoms with Crippen molar-refractivity contribution in [2.24, 2.45) is 5.18 Å². The summed E-state index contributed by atoms with van der Waals surface area (Å²) in [5.74, 6) is 0.855. The normalized spacial score (nSPS) is 11.2. The zero-order valence-corrected chi connectivity index (χ0v) is 13.8. The van der Waals surface area contributed by atoms with Crippen LogP contribution in [0.15, 0.2) is 57.4 Å². The fourth-order valence-electron chi connectivity index (χ4n) is 2.46. The average molecular weight is 359 g/mol. The number of rotatable bonds is 6. The summed E-state index contributed by atoms with van der Waals surface area (Å²) in [6, 6.07) is 10.0. The number of nitrogens with one attached hydrogen (secondary N) is 2. The standard InChI is InChI=1S/C16H13N3O5S/c1-24-11-2-4-12(5-3-11)25(22,23)13-6-10-7-15(17-9-20)18-16(10)14(8-13)19-21/h2-9,18H,1H3,(H,17,20). The Bertz CT molecular complexity index is 1060. The number of sulfone groups is 1. The molecule has 2 aromatic carbocycles. The average Bonchev–Trinajstić information content (AvgIpc) is 3.03. The number of amides is 1. The van der Waals surface area contributed by atoms with E-state index < -0.39 is 9.84 Å². The van der Waals surface area contributed by atoms with Gasteiger partial charge in [0.2, 0.25) is 16.2 Å². The molecule has 0 bridgehead atoms. The molecule has 3 aromatic rings. The number of hydrogen-bond acceptors (Lipinski definition) is 6. The van der Waals surface area contributed by atoms with E-state index in [1.54, 1.807) is 0 Å². The van der Waals surface area contributed by atoms with Crippen molar-refractivity contribution >= 4 is 38.7 Å². The third-order valence-electron chi connectivity index (χ3n) is 3.67. The summed E-state index contributed by atoms with van der Waals surface area (Å²) < 4.78 is 30.6. The fraction of sp³-hybridized carbons (Fsp3) is 0.0625. The van der Waals surface area contributed by atoms with Crippen molar-refractivity contribution in [2.45, 2.75) is 9.79 Å². The number of aromatic amines is 1. The summed E-state index contributed by atoms with van der Waals surface area (Å²) >= 11 is 0. The van der Waals surface area contributed by atoms with Gasteiger partial charge in [-0.15, -0.1) is 4.91 Å². The number of carbonyl (C=O) groups excluding carboxylic acids is 1. The Hall–Kier alpha value is -3.20. The monoisotopic (exact) mass is 359 g/mol. The van der Waals surface area contributed by atoms with Gasteiger partial charge >= 0.3 is 0 Å². The molecule has 2 N–H and O–H groups in total. The molecule has 0 aliphatic rings. The Morgan fingerprint density at radius 1 is 1.12 bits per heavy atom. The van der Waals surface area contributed by atoms with Gasteiger partial charge in [0.1, 0.15) is 17.3 Å². The lowest BCUT2D eigenvalue weighted by molar-refractivity contribution is -0.105. The van der Waals surface area contributed by atoms with Gasteiger partial charge in [0.05, 0.1) is 22.4 Å². The maximum Gasteiger partial charge on any atom is 0.212 e. The number of anilines is 1. The van der Waals surface area contributed by atoms with E-state index in [0.717, 1.165) is 0 Å². The first-order chi connectivity index (χ1) is 12.0. The third-order valence-corrected chi connectivity index (χ3v) is 5.42. The summed E-state index contributed by atoms with van der Waals surface area (Å²) in [4.78, 5) is 24.5. The van der Waals surface area contributed by atoms with E-state index in [1.165, 1.54) is 49.6 Å². The Morgan fingerprint density at radius 2 is 1.84 bits per heavy atom. The topological polar surface area (TPSA) is 118 Å². The number of H-pyrrole nitrogens is 1. The predicted molar refractivity (Wildman–Crippen MR) is 91.9 cm³/mol. The number of hydrogen-bond donors (Lipinski definition) is 2. The van der Waals surface area contributed by atoms with Gasteiger partial charge in [-0.25, -0.2) is 8.42 Å². The van der Waals surface area contributed by atoms with E-state index in [1.807, 2.05) is 0 Å². The van der Waals surface area contributed by atoms with E-state index >= 15 is 0 Å². The molecule has 0 fully saturated rings. The van der Waals surface area contributed by atoms with Crippen LogP contribution in [0.3, 0.4) is 0 Å². The Balaban J connectivity index is 2.15. The molecule has 0 saturated carbocycles. The van der Waals surface area contributed by atoms with Crippen LogP contribution in [0.25, 0.3) is 10.9 Å². The quantitative estimate of drug-likeness (QED) is 0.518. The van der Waals surface area contributed by atoms with Gasteiger partial charge in [-0.3, -0.25) is 4.79 Å². The van der Waals surface area contributed by atoms with Crippen molar-refractivity contribution in [1.82, 2.24) is 4.98 Å². The minimum Gasteiger partial charge on any atom is -0.497 e. The molecule has 9 heteroatoms. The van der Waals surface area contributed by atoms with Gasteiger partial charge in [0.25, 0.3) is 0 Å². The van der Waals surface area contributed by atoms with E-state index in [-0.39, 0.29) is 15.5 Å². The number of carbonyl (C=O) groups is 1. The maximum atomic E-state index is 12.8. The summed E-state index contributed by atoms with van der Waals surface area (Å²) in [5.41, 5.74) is 0.275. The van der Waals surface area contributed by atoms with Gasteiger partial charge < -0.3 is 15.0 Å². The molecular weight excluding hydrogens is 346 g/mol. The van der Waals surface area contributed by atoms with Crippen LogP contribution in [0.2, 0.25) is 0 Å². The van der Waals surface area contributed by atoms with Crippen LogP contribution < -0.4 is 10.1 Å². The second-order valence-corrected chi connectivity index (χ2v) is 7.07. The molecule has 0 saturated heterocycles. The molecule has 0 radical (unpaired) electrons. The first-order valence-corrected chi connectivity index (χ1v) is 8.57. The van der Waals surface area contributed by atoms with Crippen LogP contribution in [0, 0.1) is 4.91 Å². The zero-order valence-electron chi connectivity index (χ0n) is 13.0. The van der Waals surface area contributed by atoms with Crippen LogP contribution in [-0.2, 0) is 14.6 Å². The number of fused-ring (bicyclic) bond motifs is 1. The van der Waals surface area contributed by atoms with Gasteiger partial charge in [-0.2, -0.15) is 0 Å². The highest BCUT2D eigenvalue weighted by Crippen LogP contribution is 2.33. The second kappa shape index (κ2) is 6.36. The molecule has 8 nitrogen and oxygen atoms in total. The van der Waals surface area contributed by atoms with Gasteiger partial charge in [0.15, 0.2) is 0 Å². The molecular formula is C16H13N3O5S. The van der Waals surface area contributed by atoms with E-state index in [4.69, 9.17) is 4.74 Å². The first-order valence-electron chi connectivity index (χ1n) is 7.09. The zero-order chi connectivity index (χ0) is 18.0. The number of methoxy groups -OCH3 is 1. The van der Waals surface area contributed by atoms with E-state index in [2.05, 4.69) is 15.5 Å². The highest BCUT2D eigenvalue weighted by Gasteiger charge is 2.21. The lowest BCUT2D eigenvalue weighted by atomic mass is 10.2. The van der Waals surface area contributed by atoms with Crippen LogP contribution in [0.5, 0.6) is 5.75 Å². The van der Waals surface area contributed by atoms with E-state index in [0.29, 0.717) is 28.9 Å². The fourth-order valence-corrected chi connectivity index (χ4v) is 3.77. The van der Waals surface area contributed by atoms with Crippen molar-refractivity contribution in [3.05, 3.63) is 47.4 Å². The molecule has 1 amide bonds. The summed E-state index contributed by atoms with van der Waals surface area (Å²) in [6.45, 7) is 0. The molecule has 1 heterocycles. The Labute approximate surface area is 142 Å². The largest absolute Gasteiger partial charge is 0.497 e. The summed E-state index contributed by atoms with van der Waals surface area (Å²) in [7, 11) is -2.37. The molecule has 0 spiro atoms. The molecule has 0 unspecified atom stereocenters. The number of benzene rings is 2. The van der Waals surface area contributed by atoms with Crippen LogP contribution in [-0.4, -0.2) is 26.9 Å². The third kappa shape index (κ3) is 2.96. The Morgan fingerprint density at radius 3 is 2.44 bits per heavy atom. The van der Waals surface area contributed by atoms with Crippen LogP contribution >= 0.6 is 0 Å². The molecule has 1 aromatic heterocycles. The highest BCUT2D eigenvalue weighted by atomic mass is 32.2. The SMILES string of the molecule is COc1ccc(S(=O)(=O)c2cc(N=O)c3[nH]c(NC=O)cc3c2)cc1. The lowest BCUT2D eigenvalue weighted by Gasteiger charge is -2.07. The second-order valence-electron chi connectivity index (χ2n) is 5.12. The van der Waals surface area contributed by atoms with Crippen molar-refractivity contribution in [3.8, 4) is 5.75 Å². The van der Waals surface area contributed by atoms with Gasteiger partial charge in [-0.05, 0) is 47.6 Å². The minimum absolute atomic E-state index is 0.0614. The van der Waals surface area contributed by atoms with Crippen LogP contribution in [0.4, 0.5) is 11.5 Å². The lowest BCUT2D eigenvalue weighted by Crippen LogP contribution is -2.02. The maximum absolute atomic E-state index is 12.8. The summed E-state index contributed by atoms with van der Waals surface area (Å²) in [5, 5.41) is 5.73. The number of nitrogens with zero attached hydrogens (tertiary/aromatic N) is 1. The van der Waals surface area contributed by atoms with Crippen molar-refractivity contribution in [2.75, 3.05) is 12.4 Å². The predicted octanol–water partition coefficient (Wildman–Crippen LogP) is 2.98. The van der Waals surface area contributed by atoms with Crippen molar-refractivity contribution in [3.63, 3.8) is 0 Å². The van der Waals surface area contributed by atoms with Crippen molar-refractivity contribution < 1.29 is 17.9 Å².